The summed E-state index contributed by atoms with van der Waals surface area (Å²) in [6, 6.07) is 0. The van der Waals surface area contributed by atoms with E-state index < -0.39 is 36.4 Å². The lowest BCUT2D eigenvalue weighted by Gasteiger charge is -2.27. The van der Waals surface area contributed by atoms with Crippen molar-refractivity contribution in [3.63, 3.8) is 0 Å². The van der Waals surface area contributed by atoms with E-state index in [-0.39, 0.29) is 12.8 Å². The highest BCUT2D eigenvalue weighted by atomic mass is 16.6. The molecule has 7 nitrogen and oxygen atoms in total. The SMILES string of the molecule is CCCCCCCCCC(O)(CO)C(=O)OC(=O)C(O)(CO)CCCCCCCCC. The van der Waals surface area contributed by atoms with Crippen LogP contribution in [-0.4, -0.2) is 56.8 Å². The van der Waals surface area contributed by atoms with Gasteiger partial charge in [0, 0.05) is 0 Å². The van der Waals surface area contributed by atoms with Crippen molar-refractivity contribution in [3.8, 4) is 0 Å². The van der Waals surface area contributed by atoms with Crippen molar-refractivity contribution in [1.29, 1.82) is 0 Å². The molecule has 0 spiro atoms. The number of aliphatic hydroxyl groups is 4. The topological polar surface area (TPSA) is 124 Å². The summed E-state index contributed by atoms with van der Waals surface area (Å²) >= 11 is 0. The molecule has 0 amide bonds. The fraction of sp³-hybridized carbons (Fsp3) is 0.917. The first kappa shape index (κ1) is 30.0. The molecule has 0 aliphatic rings. The van der Waals surface area contributed by atoms with Crippen LogP contribution < -0.4 is 0 Å². The van der Waals surface area contributed by atoms with E-state index >= 15 is 0 Å². The molecule has 0 heterocycles. The maximum Gasteiger partial charge on any atom is 0.348 e. The Hall–Kier alpha value is -1.02. The van der Waals surface area contributed by atoms with Crippen LogP contribution in [0.1, 0.15) is 117 Å². The molecule has 0 aromatic carbocycles. The summed E-state index contributed by atoms with van der Waals surface area (Å²) in [4.78, 5) is 24.6. The van der Waals surface area contributed by atoms with Crippen LogP contribution in [0.25, 0.3) is 0 Å². The van der Waals surface area contributed by atoms with Gasteiger partial charge in [-0.25, -0.2) is 9.59 Å². The van der Waals surface area contributed by atoms with Crippen LogP contribution in [0.4, 0.5) is 0 Å². The minimum Gasteiger partial charge on any atom is -0.393 e. The van der Waals surface area contributed by atoms with Crippen molar-refractivity contribution in [2.24, 2.45) is 0 Å². The smallest absolute Gasteiger partial charge is 0.348 e. The molecule has 0 aliphatic carbocycles. The summed E-state index contributed by atoms with van der Waals surface area (Å²) in [6.45, 7) is 2.54. The van der Waals surface area contributed by atoms with Crippen LogP contribution in [0.15, 0.2) is 0 Å². The zero-order valence-electron chi connectivity index (χ0n) is 19.7. The van der Waals surface area contributed by atoms with E-state index in [1.807, 2.05) is 0 Å². The summed E-state index contributed by atoms with van der Waals surface area (Å²) in [6.07, 6.45) is 13.6. The highest BCUT2D eigenvalue weighted by Gasteiger charge is 2.43. The Labute approximate surface area is 188 Å². The zero-order valence-corrected chi connectivity index (χ0v) is 19.7. The first-order valence-electron chi connectivity index (χ1n) is 12.2. The lowest BCUT2D eigenvalue weighted by atomic mass is 9.95. The zero-order chi connectivity index (χ0) is 23.6. The summed E-state index contributed by atoms with van der Waals surface area (Å²) in [7, 11) is 0. The third-order valence-corrected chi connectivity index (χ3v) is 5.86. The Morgan fingerprint density at radius 1 is 0.581 bits per heavy atom. The van der Waals surface area contributed by atoms with Crippen molar-refractivity contribution in [2.45, 2.75) is 128 Å². The van der Waals surface area contributed by atoms with Crippen LogP contribution >= 0.6 is 0 Å². The number of rotatable bonds is 20. The second-order valence-corrected chi connectivity index (χ2v) is 8.80. The van der Waals surface area contributed by atoms with Gasteiger partial charge in [0.25, 0.3) is 0 Å². The molecule has 0 aromatic rings. The first-order valence-corrected chi connectivity index (χ1v) is 12.2. The van der Waals surface area contributed by atoms with Gasteiger partial charge in [-0.15, -0.1) is 0 Å². The molecule has 31 heavy (non-hydrogen) atoms. The minimum atomic E-state index is -2.19. The molecular weight excluding hydrogens is 400 g/mol. The molecule has 0 radical (unpaired) electrons. The van der Waals surface area contributed by atoms with Crippen molar-refractivity contribution in [1.82, 2.24) is 0 Å². The average molecular weight is 447 g/mol. The highest BCUT2D eigenvalue weighted by Crippen LogP contribution is 2.22. The third kappa shape index (κ3) is 12.6. The summed E-state index contributed by atoms with van der Waals surface area (Å²) < 4.78 is 4.68. The van der Waals surface area contributed by atoms with Crippen LogP contribution in [-0.2, 0) is 14.3 Å². The second kappa shape index (κ2) is 17.5. The number of carbonyl (C=O) groups is 2. The highest BCUT2D eigenvalue weighted by molar-refractivity contribution is 5.94. The van der Waals surface area contributed by atoms with Crippen LogP contribution in [0.2, 0.25) is 0 Å². The molecule has 0 saturated carbocycles. The maximum absolute atomic E-state index is 12.3. The van der Waals surface area contributed by atoms with Crippen molar-refractivity contribution in [3.05, 3.63) is 0 Å². The monoisotopic (exact) mass is 446 g/mol. The van der Waals surface area contributed by atoms with Gasteiger partial charge < -0.3 is 25.2 Å². The Bertz CT molecular complexity index is 441. The molecule has 0 aromatic heterocycles. The molecule has 0 saturated heterocycles. The van der Waals surface area contributed by atoms with Gasteiger partial charge in [0.05, 0.1) is 13.2 Å². The number of aliphatic hydroxyl groups excluding tert-OH is 2. The van der Waals surface area contributed by atoms with Gasteiger partial charge in [-0.2, -0.15) is 0 Å². The molecule has 0 rings (SSSR count). The molecule has 7 heteroatoms. The predicted molar refractivity (Wildman–Crippen MR) is 120 cm³/mol. The lowest BCUT2D eigenvalue weighted by Crippen LogP contribution is -2.50. The first-order chi connectivity index (χ1) is 14.8. The largest absolute Gasteiger partial charge is 0.393 e. The van der Waals surface area contributed by atoms with Gasteiger partial charge in [-0.05, 0) is 25.7 Å². The molecule has 2 atom stereocenters. The number of hydrogen-bond acceptors (Lipinski definition) is 7. The number of ether oxygens (including phenoxy) is 1. The molecular formula is C24H46O7. The van der Waals surface area contributed by atoms with Gasteiger partial charge in [0.15, 0.2) is 11.2 Å². The molecule has 0 aliphatic heterocycles. The summed E-state index contributed by atoms with van der Waals surface area (Å²) in [5.74, 6) is -2.56. The Balaban J connectivity index is 4.47. The number of esters is 2. The van der Waals surface area contributed by atoms with E-state index in [2.05, 4.69) is 18.6 Å². The van der Waals surface area contributed by atoms with E-state index in [4.69, 9.17) is 0 Å². The molecule has 0 fully saturated rings. The predicted octanol–water partition coefficient (Wildman–Crippen LogP) is 3.78. The fourth-order valence-electron chi connectivity index (χ4n) is 3.51. The van der Waals surface area contributed by atoms with Gasteiger partial charge in [-0.1, -0.05) is 90.9 Å². The normalized spacial score (nSPS) is 15.3. The number of carbonyl (C=O) groups excluding carboxylic acids is 2. The summed E-state index contributed by atoms with van der Waals surface area (Å²) in [5, 5.41) is 39.8. The Morgan fingerprint density at radius 2 is 0.871 bits per heavy atom. The van der Waals surface area contributed by atoms with Gasteiger partial charge >= 0.3 is 11.9 Å². The Morgan fingerprint density at radius 3 is 1.16 bits per heavy atom. The molecule has 4 N–H and O–H groups in total. The van der Waals surface area contributed by atoms with Crippen LogP contribution in [0.5, 0.6) is 0 Å². The Kier molecular flexibility index (Phi) is 16.9. The minimum absolute atomic E-state index is 0.0291. The fourth-order valence-corrected chi connectivity index (χ4v) is 3.51. The summed E-state index contributed by atoms with van der Waals surface area (Å²) in [5.41, 5.74) is -4.37. The lowest BCUT2D eigenvalue weighted by molar-refractivity contribution is -0.190. The second-order valence-electron chi connectivity index (χ2n) is 8.80. The maximum atomic E-state index is 12.3. The van der Waals surface area contributed by atoms with Crippen molar-refractivity contribution < 1.29 is 34.8 Å². The molecule has 2 unspecified atom stereocenters. The molecule has 0 bridgehead atoms. The van der Waals surface area contributed by atoms with E-state index in [1.54, 1.807) is 0 Å². The average Bonchev–Trinajstić information content (AvgIpc) is 2.77. The van der Waals surface area contributed by atoms with Crippen molar-refractivity contribution >= 4 is 11.9 Å². The standard InChI is InChI=1S/C24H46O7/c1-3-5-7-9-11-13-15-17-23(29,19-25)21(27)31-22(28)24(30,20-26)18-16-14-12-10-8-6-4-2/h25-26,29-30H,3-20H2,1-2H3. The van der Waals surface area contributed by atoms with Crippen LogP contribution in [0.3, 0.4) is 0 Å². The van der Waals surface area contributed by atoms with Gasteiger partial charge in [0.2, 0.25) is 0 Å². The number of hydrogen-bond donors (Lipinski definition) is 4. The molecule has 184 valence electrons. The van der Waals surface area contributed by atoms with Crippen LogP contribution in [0, 0.1) is 0 Å². The van der Waals surface area contributed by atoms with E-state index in [0.29, 0.717) is 12.8 Å². The van der Waals surface area contributed by atoms with E-state index in [1.165, 1.54) is 12.8 Å². The van der Waals surface area contributed by atoms with Crippen molar-refractivity contribution in [2.75, 3.05) is 13.2 Å². The van der Waals surface area contributed by atoms with Gasteiger partial charge in [0.1, 0.15) is 0 Å². The van der Waals surface area contributed by atoms with Gasteiger partial charge in [-0.3, -0.25) is 0 Å². The number of unbranched alkanes of at least 4 members (excludes halogenated alkanes) is 12. The van der Waals surface area contributed by atoms with E-state index in [9.17, 15) is 30.0 Å². The van der Waals surface area contributed by atoms with E-state index in [0.717, 1.165) is 64.2 Å². The third-order valence-electron chi connectivity index (χ3n) is 5.86. The quantitative estimate of drug-likeness (QED) is 0.127.